The van der Waals surface area contributed by atoms with Crippen molar-refractivity contribution >= 4 is 28.7 Å². The zero-order valence-corrected chi connectivity index (χ0v) is 16.5. The fourth-order valence-corrected chi connectivity index (χ4v) is 5.34. The summed E-state index contributed by atoms with van der Waals surface area (Å²) in [6.07, 6.45) is 4.56. The number of piperidine rings is 1. The fraction of sp³-hybridized carbons (Fsp3) is 0.364. The molecule has 28 heavy (non-hydrogen) atoms. The van der Waals surface area contributed by atoms with Gasteiger partial charge in [0.2, 0.25) is 0 Å². The second kappa shape index (κ2) is 7.60. The van der Waals surface area contributed by atoms with Crippen LogP contribution in [0.25, 0.3) is 11.0 Å². The van der Waals surface area contributed by atoms with Crippen LogP contribution in [-0.4, -0.2) is 34.0 Å². The number of thioether (sulfide) groups is 1. The summed E-state index contributed by atoms with van der Waals surface area (Å²) in [7, 11) is 0. The zero-order valence-electron chi connectivity index (χ0n) is 15.7. The molecule has 0 radical (unpaired) electrons. The number of hydrogen-bond donors (Lipinski definition) is 3. The summed E-state index contributed by atoms with van der Waals surface area (Å²) in [6.45, 7) is 0. The maximum atomic E-state index is 13.0. The number of carbonyl (C=O) groups excluding carboxylic acids is 1. The molecule has 2 atom stereocenters. The molecular weight excluding hydrogens is 368 g/mol. The van der Waals surface area contributed by atoms with E-state index in [2.05, 4.69) is 20.6 Å². The smallest absolute Gasteiger partial charge is 0.251 e. The summed E-state index contributed by atoms with van der Waals surface area (Å²) in [5.41, 5.74) is 3.83. The number of aromatic amines is 1. The van der Waals surface area contributed by atoms with Crippen molar-refractivity contribution in [3.63, 3.8) is 0 Å². The molecule has 2 aromatic carbocycles. The molecule has 2 fully saturated rings. The maximum absolute atomic E-state index is 13.0. The van der Waals surface area contributed by atoms with Crippen molar-refractivity contribution in [1.29, 1.82) is 0 Å². The number of nitrogens with zero attached hydrogens (tertiary/aromatic N) is 1. The Bertz CT molecular complexity index is 956. The third-order valence-electron chi connectivity index (χ3n) is 5.80. The van der Waals surface area contributed by atoms with Gasteiger partial charge in [-0.25, -0.2) is 4.98 Å². The topological polar surface area (TPSA) is 69.8 Å². The first-order valence-corrected chi connectivity index (χ1v) is 11.0. The second-order valence-electron chi connectivity index (χ2n) is 7.78. The van der Waals surface area contributed by atoms with Crippen LogP contribution < -0.4 is 10.6 Å². The van der Waals surface area contributed by atoms with Crippen molar-refractivity contribution < 1.29 is 4.79 Å². The summed E-state index contributed by atoms with van der Waals surface area (Å²) < 4.78 is 0. The van der Waals surface area contributed by atoms with E-state index >= 15 is 0 Å². The Labute approximate surface area is 168 Å². The van der Waals surface area contributed by atoms with Gasteiger partial charge in [0.1, 0.15) is 0 Å². The van der Waals surface area contributed by atoms with Crippen molar-refractivity contribution in [2.45, 2.75) is 54.7 Å². The number of rotatable bonds is 5. The van der Waals surface area contributed by atoms with Gasteiger partial charge in [0, 0.05) is 29.4 Å². The van der Waals surface area contributed by atoms with Gasteiger partial charge in [-0.15, -0.1) is 0 Å². The molecule has 0 spiro atoms. The van der Waals surface area contributed by atoms with Crippen LogP contribution in [0.5, 0.6) is 0 Å². The van der Waals surface area contributed by atoms with E-state index in [1.807, 2.05) is 48.5 Å². The highest BCUT2D eigenvalue weighted by atomic mass is 32.2. The van der Waals surface area contributed by atoms with Crippen molar-refractivity contribution in [3.05, 3.63) is 59.7 Å². The molecule has 144 valence electrons. The quantitative estimate of drug-likeness (QED) is 0.577. The Morgan fingerprint density at radius 2 is 1.82 bits per heavy atom. The predicted octanol–water partition coefficient (Wildman–Crippen LogP) is 3.87. The number of amides is 1. The summed E-state index contributed by atoms with van der Waals surface area (Å²) in [5, 5.41) is 7.79. The van der Waals surface area contributed by atoms with E-state index < -0.39 is 0 Å². The first-order chi connectivity index (χ1) is 13.7. The van der Waals surface area contributed by atoms with Gasteiger partial charge in [0.25, 0.3) is 5.91 Å². The predicted molar refractivity (Wildman–Crippen MR) is 113 cm³/mol. The van der Waals surface area contributed by atoms with Crippen LogP contribution in [0.4, 0.5) is 0 Å². The number of para-hydroxylation sites is 2. The largest absolute Gasteiger partial charge is 0.349 e. The van der Waals surface area contributed by atoms with E-state index in [9.17, 15) is 4.79 Å². The highest BCUT2D eigenvalue weighted by Gasteiger charge is 2.34. The van der Waals surface area contributed by atoms with E-state index in [4.69, 9.17) is 0 Å². The number of imidazole rings is 1. The van der Waals surface area contributed by atoms with Crippen LogP contribution in [0.15, 0.2) is 53.7 Å². The molecule has 2 saturated heterocycles. The number of H-pyrrole nitrogens is 1. The van der Waals surface area contributed by atoms with Gasteiger partial charge in [0.05, 0.1) is 11.0 Å². The third-order valence-corrected chi connectivity index (χ3v) is 6.72. The number of carbonyl (C=O) groups is 1. The maximum Gasteiger partial charge on any atom is 0.251 e. The molecule has 3 heterocycles. The average Bonchev–Trinajstić information content (AvgIpc) is 3.28. The van der Waals surface area contributed by atoms with Gasteiger partial charge >= 0.3 is 0 Å². The molecule has 2 aliphatic rings. The highest BCUT2D eigenvalue weighted by molar-refractivity contribution is 7.98. The summed E-state index contributed by atoms with van der Waals surface area (Å²) in [6, 6.07) is 17.4. The minimum atomic E-state index is 0.0482. The number of aromatic nitrogens is 2. The van der Waals surface area contributed by atoms with Crippen LogP contribution in [-0.2, 0) is 5.75 Å². The first-order valence-electron chi connectivity index (χ1n) is 9.97. The van der Waals surface area contributed by atoms with Crippen LogP contribution in [0.1, 0.15) is 41.6 Å². The van der Waals surface area contributed by atoms with E-state index in [1.165, 1.54) is 12.8 Å². The third kappa shape index (κ3) is 3.66. The lowest BCUT2D eigenvalue weighted by Gasteiger charge is -2.29. The van der Waals surface area contributed by atoms with Gasteiger partial charge in [-0.3, -0.25) is 4.79 Å². The fourth-order valence-electron chi connectivity index (χ4n) is 4.45. The molecule has 5 rings (SSSR count). The second-order valence-corrected chi connectivity index (χ2v) is 8.75. The summed E-state index contributed by atoms with van der Waals surface area (Å²) in [4.78, 5) is 20.9. The molecule has 2 unspecified atom stereocenters. The number of benzene rings is 2. The van der Waals surface area contributed by atoms with E-state index in [1.54, 1.807) is 11.8 Å². The minimum Gasteiger partial charge on any atom is -0.349 e. The average molecular weight is 393 g/mol. The van der Waals surface area contributed by atoms with Crippen LogP contribution in [0.3, 0.4) is 0 Å². The molecule has 2 bridgehead atoms. The van der Waals surface area contributed by atoms with Gasteiger partial charge in [-0.2, -0.15) is 0 Å². The zero-order chi connectivity index (χ0) is 18.9. The first kappa shape index (κ1) is 17.8. The highest BCUT2D eigenvalue weighted by Crippen LogP contribution is 2.28. The Morgan fingerprint density at radius 1 is 1.07 bits per heavy atom. The van der Waals surface area contributed by atoms with Crippen LogP contribution in [0.2, 0.25) is 0 Å². The molecule has 5 nitrogen and oxygen atoms in total. The monoisotopic (exact) mass is 392 g/mol. The Balaban J connectivity index is 1.27. The number of nitrogens with one attached hydrogen (secondary N) is 3. The van der Waals surface area contributed by atoms with Crippen molar-refractivity contribution in [2.24, 2.45) is 0 Å². The Kier molecular flexibility index (Phi) is 4.82. The summed E-state index contributed by atoms with van der Waals surface area (Å²) >= 11 is 1.63. The Morgan fingerprint density at radius 3 is 2.64 bits per heavy atom. The van der Waals surface area contributed by atoms with Crippen molar-refractivity contribution in [2.75, 3.05) is 0 Å². The van der Waals surface area contributed by atoms with Gasteiger partial charge in [-0.1, -0.05) is 42.1 Å². The summed E-state index contributed by atoms with van der Waals surface area (Å²) in [5.74, 6) is 0.757. The van der Waals surface area contributed by atoms with Crippen molar-refractivity contribution in [1.82, 2.24) is 20.6 Å². The standard InChI is InChI=1S/C22H24N4OS/c27-21(24-17-11-15-9-10-16(12-17)23-15)18-6-2-1-5-14(18)13-28-22-25-19-7-3-4-8-20(19)26-22/h1-8,15-17,23H,9-13H2,(H,24,27)(H,25,26). The van der Waals surface area contributed by atoms with Crippen molar-refractivity contribution in [3.8, 4) is 0 Å². The van der Waals surface area contributed by atoms with Crippen LogP contribution in [0, 0.1) is 0 Å². The molecular formula is C22H24N4OS. The normalized spacial score (nSPS) is 23.8. The number of hydrogen-bond acceptors (Lipinski definition) is 4. The molecule has 6 heteroatoms. The molecule has 3 N–H and O–H groups in total. The van der Waals surface area contributed by atoms with E-state index in [-0.39, 0.29) is 11.9 Å². The van der Waals surface area contributed by atoms with Gasteiger partial charge < -0.3 is 15.6 Å². The molecule has 3 aromatic rings. The molecule has 1 amide bonds. The molecule has 0 saturated carbocycles. The molecule has 0 aliphatic carbocycles. The van der Waals surface area contributed by atoms with Gasteiger partial charge in [0.15, 0.2) is 5.16 Å². The number of fused-ring (bicyclic) bond motifs is 3. The van der Waals surface area contributed by atoms with E-state index in [0.29, 0.717) is 17.8 Å². The lowest BCUT2D eigenvalue weighted by atomic mass is 9.99. The lowest BCUT2D eigenvalue weighted by Crippen LogP contribution is -2.48. The molecule has 2 aliphatic heterocycles. The van der Waals surface area contributed by atoms with Gasteiger partial charge in [-0.05, 0) is 49.4 Å². The SMILES string of the molecule is O=C(NC1CC2CCC(C1)N2)c1ccccc1CSc1nc2ccccc2[nH]1. The minimum absolute atomic E-state index is 0.0482. The Hall–Kier alpha value is -2.31. The lowest BCUT2D eigenvalue weighted by molar-refractivity contribution is 0.0923. The van der Waals surface area contributed by atoms with Crippen LogP contribution >= 0.6 is 11.8 Å². The van der Waals surface area contributed by atoms with E-state index in [0.717, 1.165) is 40.2 Å². The molecule has 1 aromatic heterocycles.